The zero-order chi connectivity index (χ0) is 16.9. The largest absolute Gasteiger partial charge is 0.379 e. The fourth-order valence-corrected chi connectivity index (χ4v) is 3.70. The summed E-state index contributed by atoms with van der Waals surface area (Å²) >= 11 is 0. The van der Waals surface area contributed by atoms with Gasteiger partial charge in [-0.05, 0) is 18.9 Å². The Balaban J connectivity index is 1.44. The molecule has 1 saturated heterocycles. The number of aryl methyl sites for hydroxylation is 1. The molecule has 0 bridgehead atoms. The van der Waals surface area contributed by atoms with Gasteiger partial charge in [-0.15, -0.1) is 0 Å². The maximum absolute atomic E-state index is 14.2. The second-order valence-electron chi connectivity index (χ2n) is 6.83. The fraction of sp³-hybridized carbons (Fsp3) is 0.529. The molecule has 5 nitrogen and oxygen atoms in total. The molecule has 1 aromatic carbocycles. The summed E-state index contributed by atoms with van der Waals surface area (Å²) in [5, 5.41) is 14.4. The number of aliphatic hydroxyl groups is 1. The fourth-order valence-electron chi connectivity index (χ4n) is 3.70. The number of aromatic nitrogens is 2. The van der Waals surface area contributed by atoms with Crippen LogP contribution in [0.25, 0.3) is 0 Å². The Morgan fingerprint density at radius 2 is 2.08 bits per heavy atom. The van der Waals surface area contributed by atoms with Crippen LogP contribution in [-0.2, 0) is 5.60 Å². The quantitative estimate of drug-likeness (QED) is 0.929. The monoisotopic (exact) mass is 335 g/mol. The van der Waals surface area contributed by atoms with Gasteiger partial charge in [0.05, 0.1) is 5.92 Å². The van der Waals surface area contributed by atoms with Crippen LogP contribution in [0.4, 0.5) is 8.78 Å². The van der Waals surface area contributed by atoms with Gasteiger partial charge in [0.1, 0.15) is 0 Å². The number of halogens is 2. The maximum Gasteiger partial charge on any atom is 0.260 e. The van der Waals surface area contributed by atoms with Crippen molar-refractivity contribution in [1.82, 2.24) is 15.0 Å². The Morgan fingerprint density at radius 3 is 2.75 bits per heavy atom. The lowest BCUT2D eigenvalue weighted by molar-refractivity contribution is 0.0115. The van der Waals surface area contributed by atoms with Crippen molar-refractivity contribution in [2.24, 2.45) is 5.92 Å². The molecule has 4 rings (SSSR count). The summed E-state index contributed by atoms with van der Waals surface area (Å²) in [6, 6.07) is 8.90. The van der Waals surface area contributed by atoms with E-state index in [4.69, 9.17) is 4.52 Å². The molecule has 2 fully saturated rings. The van der Waals surface area contributed by atoms with Crippen molar-refractivity contribution >= 4 is 0 Å². The third kappa shape index (κ3) is 2.52. The van der Waals surface area contributed by atoms with Crippen LogP contribution in [0, 0.1) is 12.8 Å². The second-order valence-corrected chi connectivity index (χ2v) is 6.83. The van der Waals surface area contributed by atoms with Gasteiger partial charge in [0.15, 0.2) is 11.4 Å². The van der Waals surface area contributed by atoms with E-state index in [1.54, 1.807) is 31.2 Å². The van der Waals surface area contributed by atoms with E-state index in [0.29, 0.717) is 24.4 Å². The number of benzene rings is 1. The lowest BCUT2D eigenvalue weighted by atomic mass is 10.0. The highest BCUT2D eigenvalue weighted by Gasteiger charge is 2.68. The molecular weight excluding hydrogens is 316 g/mol. The van der Waals surface area contributed by atoms with Crippen LogP contribution in [0.1, 0.15) is 29.6 Å². The van der Waals surface area contributed by atoms with Crippen LogP contribution in [0.5, 0.6) is 0 Å². The molecule has 0 radical (unpaired) electrons. The summed E-state index contributed by atoms with van der Waals surface area (Å²) < 4.78 is 33.4. The van der Waals surface area contributed by atoms with Crippen molar-refractivity contribution in [1.29, 1.82) is 0 Å². The highest BCUT2D eigenvalue weighted by Crippen LogP contribution is 2.61. The first-order valence-electron chi connectivity index (χ1n) is 8.08. The van der Waals surface area contributed by atoms with E-state index in [1.807, 2.05) is 11.0 Å². The molecule has 1 saturated carbocycles. The molecule has 1 N–H and O–H groups in total. The Bertz CT molecular complexity index is 736. The van der Waals surface area contributed by atoms with E-state index >= 15 is 0 Å². The van der Waals surface area contributed by atoms with Gasteiger partial charge in [-0.25, -0.2) is 8.78 Å². The summed E-state index contributed by atoms with van der Waals surface area (Å²) in [7, 11) is 0. The van der Waals surface area contributed by atoms with Crippen LogP contribution in [-0.4, -0.2) is 45.7 Å². The van der Waals surface area contributed by atoms with E-state index in [-0.39, 0.29) is 19.0 Å². The predicted octanol–water partition coefficient (Wildman–Crippen LogP) is 2.32. The first-order valence-corrected chi connectivity index (χ1v) is 8.08. The number of hydrogen-bond acceptors (Lipinski definition) is 5. The Labute approximate surface area is 138 Å². The number of β-amino-alcohol motifs (C(OH)–C–C–N with tert-alkyl or cyclic N) is 1. The average molecular weight is 335 g/mol. The number of hydrogen-bond donors (Lipinski definition) is 1. The minimum Gasteiger partial charge on any atom is -0.379 e. The molecule has 128 valence electrons. The number of alkyl halides is 2. The van der Waals surface area contributed by atoms with Gasteiger partial charge >= 0.3 is 0 Å². The first-order chi connectivity index (χ1) is 11.4. The molecule has 0 spiro atoms. The van der Waals surface area contributed by atoms with Crippen LogP contribution in [0.15, 0.2) is 34.9 Å². The summed E-state index contributed by atoms with van der Waals surface area (Å²) in [5.74, 6) is -3.52. The van der Waals surface area contributed by atoms with Crippen LogP contribution < -0.4 is 0 Å². The molecule has 2 heterocycles. The van der Waals surface area contributed by atoms with Gasteiger partial charge in [-0.3, -0.25) is 4.90 Å². The maximum atomic E-state index is 14.2. The Kier molecular flexibility index (Phi) is 3.47. The van der Waals surface area contributed by atoms with Crippen molar-refractivity contribution in [3.05, 3.63) is 47.6 Å². The van der Waals surface area contributed by atoms with Crippen molar-refractivity contribution in [2.75, 3.05) is 19.6 Å². The number of rotatable bonds is 4. The highest BCUT2D eigenvalue weighted by molar-refractivity contribution is 5.32. The van der Waals surface area contributed by atoms with Gasteiger partial charge < -0.3 is 9.63 Å². The lowest BCUT2D eigenvalue weighted by Gasteiger charge is -2.19. The highest BCUT2D eigenvalue weighted by atomic mass is 19.3. The van der Waals surface area contributed by atoms with Gasteiger partial charge in [-0.2, -0.15) is 4.98 Å². The average Bonchev–Trinajstić information content (AvgIpc) is 2.92. The number of likely N-dealkylation sites (tertiary alicyclic amines) is 1. The summed E-state index contributed by atoms with van der Waals surface area (Å²) in [6.45, 7) is 2.70. The SMILES string of the molecule is Cc1noc(C2(O)CCN(C[C@@H]3[C@@H](c4ccccc4)C3(F)F)C2)n1. The molecule has 1 aliphatic heterocycles. The third-order valence-corrected chi connectivity index (χ3v) is 5.07. The van der Waals surface area contributed by atoms with E-state index < -0.39 is 23.4 Å². The van der Waals surface area contributed by atoms with Gasteiger partial charge in [0.2, 0.25) is 0 Å². The minimum atomic E-state index is -2.69. The van der Waals surface area contributed by atoms with Crippen LogP contribution in [0.3, 0.4) is 0 Å². The molecule has 7 heteroatoms. The topological polar surface area (TPSA) is 62.4 Å². The summed E-state index contributed by atoms with van der Waals surface area (Å²) in [6.07, 6.45) is 0.406. The van der Waals surface area contributed by atoms with E-state index in [2.05, 4.69) is 10.1 Å². The number of nitrogens with zero attached hydrogens (tertiary/aromatic N) is 3. The standard InChI is InChI=1S/C17H19F2N3O2/c1-11-20-15(24-21-11)16(23)7-8-22(10-16)9-13-14(17(13,18)19)12-5-3-2-4-6-12/h2-6,13-14,23H,7-10H2,1H3/t13-,14-,16?/m1/s1. The molecule has 0 amide bonds. The van der Waals surface area contributed by atoms with E-state index in [1.165, 1.54) is 0 Å². The Morgan fingerprint density at radius 1 is 1.33 bits per heavy atom. The van der Waals surface area contributed by atoms with Crippen molar-refractivity contribution in [3.8, 4) is 0 Å². The molecule has 2 aliphatic rings. The van der Waals surface area contributed by atoms with E-state index in [9.17, 15) is 13.9 Å². The normalized spacial score (nSPS) is 32.2. The van der Waals surface area contributed by atoms with E-state index in [0.717, 1.165) is 0 Å². The van der Waals surface area contributed by atoms with Crippen molar-refractivity contribution in [3.63, 3.8) is 0 Å². The predicted molar refractivity (Wildman–Crippen MR) is 81.6 cm³/mol. The summed E-state index contributed by atoms with van der Waals surface area (Å²) in [4.78, 5) is 5.94. The van der Waals surface area contributed by atoms with Gasteiger partial charge in [0.25, 0.3) is 11.8 Å². The van der Waals surface area contributed by atoms with Crippen LogP contribution in [0.2, 0.25) is 0 Å². The van der Waals surface area contributed by atoms with Crippen LogP contribution >= 0.6 is 0 Å². The molecule has 1 aliphatic carbocycles. The van der Waals surface area contributed by atoms with Gasteiger partial charge in [-0.1, -0.05) is 35.5 Å². The second kappa shape index (κ2) is 5.32. The molecule has 2 aromatic rings. The molecule has 24 heavy (non-hydrogen) atoms. The third-order valence-electron chi connectivity index (χ3n) is 5.07. The lowest BCUT2D eigenvalue weighted by Crippen LogP contribution is -2.32. The molecular formula is C17H19F2N3O2. The first kappa shape index (κ1) is 15.7. The molecule has 1 unspecified atom stereocenters. The zero-order valence-electron chi connectivity index (χ0n) is 13.3. The minimum absolute atomic E-state index is 0.171. The van der Waals surface area contributed by atoms with Gasteiger partial charge in [0, 0.05) is 25.6 Å². The van der Waals surface area contributed by atoms with Crippen molar-refractivity contribution < 1.29 is 18.4 Å². The smallest absolute Gasteiger partial charge is 0.260 e. The summed E-state index contributed by atoms with van der Waals surface area (Å²) in [5.41, 5.74) is -0.567. The van der Waals surface area contributed by atoms with Crippen molar-refractivity contribution in [2.45, 2.75) is 30.8 Å². The molecule has 3 atom stereocenters. The molecule has 1 aromatic heterocycles. The zero-order valence-corrected chi connectivity index (χ0v) is 13.3. The Hall–Kier alpha value is -1.86.